The maximum Gasteiger partial charge on any atom is 0.338 e. The summed E-state index contributed by atoms with van der Waals surface area (Å²) in [4.78, 5) is 13.0. The van der Waals surface area contributed by atoms with Crippen LogP contribution in [0.2, 0.25) is 10.0 Å². The van der Waals surface area contributed by atoms with E-state index in [0.717, 1.165) is 5.56 Å². The highest BCUT2D eigenvalue weighted by molar-refractivity contribution is 9.10. The first-order valence-corrected chi connectivity index (χ1v) is 12.3. The number of halogens is 3. The first-order valence-electron chi connectivity index (χ1n) is 10.7. The van der Waals surface area contributed by atoms with Crippen LogP contribution in [0.1, 0.15) is 37.4 Å². The molecule has 2 heterocycles. The molecule has 4 rings (SSSR count). The molecule has 12 heteroatoms. The summed E-state index contributed by atoms with van der Waals surface area (Å²) in [5.74, 6) is 0.888. The number of aromatic nitrogens is 4. The van der Waals surface area contributed by atoms with Crippen molar-refractivity contribution in [3.63, 3.8) is 0 Å². The van der Waals surface area contributed by atoms with Crippen molar-refractivity contribution < 1.29 is 19.0 Å². The highest BCUT2D eigenvalue weighted by Gasteiger charge is 2.36. The quantitative estimate of drug-likeness (QED) is 0.344. The van der Waals surface area contributed by atoms with Crippen molar-refractivity contribution in [2.24, 2.45) is 0 Å². The van der Waals surface area contributed by atoms with Crippen molar-refractivity contribution in [1.29, 1.82) is 0 Å². The lowest BCUT2D eigenvalue weighted by Gasteiger charge is -2.28. The molecular formula is C23H22BrCl2N5O4. The molecule has 0 aliphatic carbocycles. The summed E-state index contributed by atoms with van der Waals surface area (Å²) in [5, 5.41) is 16.0. The van der Waals surface area contributed by atoms with Gasteiger partial charge in [0.1, 0.15) is 12.6 Å². The Balaban J connectivity index is 1.72. The molecule has 184 valence electrons. The van der Waals surface area contributed by atoms with Gasteiger partial charge < -0.3 is 19.5 Å². The fraction of sp³-hybridized carbons (Fsp3) is 0.304. The molecule has 0 amide bonds. The number of methoxy groups -OCH3 is 1. The Morgan fingerprint density at radius 3 is 2.77 bits per heavy atom. The van der Waals surface area contributed by atoms with Crippen LogP contribution < -0.4 is 14.8 Å². The van der Waals surface area contributed by atoms with E-state index in [9.17, 15) is 4.79 Å². The molecule has 1 aliphatic heterocycles. The van der Waals surface area contributed by atoms with Gasteiger partial charge in [0, 0.05) is 21.3 Å². The van der Waals surface area contributed by atoms with Gasteiger partial charge in [0.25, 0.3) is 0 Å². The molecule has 0 bridgehead atoms. The van der Waals surface area contributed by atoms with Gasteiger partial charge in [0.2, 0.25) is 5.95 Å². The Kier molecular flexibility index (Phi) is 7.83. The highest BCUT2D eigenvalue weighted by Crippen LogP contribution is 2.43. The van der Waals surface area contributed by atoms with Crippen LogP contribution >= 0.6 is 39.1 Å². The van der Waals surface area contributed by atoms with Gasteiger partial charge in [-0.25, -0.2) is 4.79 Å². The Morgan fingerprint density at radius 1 is 1.26 bits per heavy atom. The maximum atomic E-state index is 13.0. The van der Waals surface area contributed by atoms with E-state index in [-0.39, 0.29) is 6.61 Å². The first-order chi connectivity index (χ1) is 16.8. The van der Waals surface area contributed by atoms with Crippen molar-refractivity contribution in [2.45, 2.75) is 32.9 Å². The fourth-order valence-corrected chi connectivity index (χ4v) is 4.72. The lowest BCUT2D eigenvalue weighted by atomic mass is 9.95. The van der Waals surface area contributed by atoms with Gasteiger partial charge in [0.15, 0.2) is 11.5 Å². The van der Waals surface area contributed by atoms with Crippen LogP contribution in [0.25, 0.3) is 0 Å². The van der Waals surface area contributed by atoms with Gasteiger partial charge in [-0.2, -0.15) is 4.68 Å². The van der Waals surface area contributed by atoms with Crippen LogP contribution in [0, 0.1) is 0 Å². The van der Waals surface area contributed by atoms with Gasteiger partial charge >= 0.3 is 5.97 Å². The molecule has 0 fully saturated rings. The third-order valence-electron chi connectivity index (χ3n) is 5.33. The molecule has 0 saturated carbocycles. The monoisotopic (exact) mass is 581 g/mol. The van der Waals surface area contributed by atoms with E-state index in [1.165, 1.54) is 11.8 Å². The highest BCUT2D eigenvalue weighted by atomic mass is 79.9. The van der Waals surface area contributed by atoms with Crippen molar-refractivity contribution >= 4 is 51.0 Å². The van der Waals surface area contributed by atoms with Gasteiger partial charge in [0.05, 0.1) is 23.8 Å². The normalized spacial score (nSPS) is 14.9. The average molecular weight is 583 g/mol. The van der Waals surface area contributed by atoms with Gasteiger partial charge in [-0.15, -0.1) is 0 Å². The zero-order chi connectivity index (χ0) is 25.1. The number of carbonyl (C=O) groups excluding carboxylic acids is 1. The first kappa shape index (κ1) is 25.3. The second-order valence-electron chi connectivity index (χ2n) is 7.71. The Hall–Kier alpha value is -2.82. The minimum absolute atomic E-state index is 0.197. The van der Waals surface area contributed by atoms with Crippen LogP contribution in [0.15, 0.2) is 46.1 Å². The third-order valence-corrected chi connectivity index (χ3v) is 6.50. The molecule has 0 spiro atoms. The van der Waals surface area contributed by atoms with E-state index in [4.69, 9.17) is 37.4 Å². The number of ether oxygens (including phenoxy) is 3. The van der Waals surface area contributed by atoms with E-state index < -0.39 is 12.0 Å². The molecule has 1 N–H and O–H groups in total. The van der Waals surface area contributed by atoms with Crippen molar-refractivity contribution in [1.82, 2.24) is 20.2 Å². The number of anilines is 1. The molecule has 35 heavy (non-hydrogen) atoms. The predicted octanol–water partition coefficient (Wildman–Crippen LogP) is 5.57. The van der Waals surface area contributed by atoms with Crippen molar-refractivity contribution in [3.05, 3.63) is 67.2 Å². The predicted molar refractivity (Wildman–Crippen MR) is 135 cm³/mol. The van der Waals surface area contributed by atoms with Crippen LogP contribution in [-0.4, -0.2) is 39.9 Å². The number of tetrazole rings is 1. The number of esters is 1. The number of hydrogen-bond acceptors (Lipinski definition) is 8. The van der Waals surface area contributed by atoms with E-state index in [1.54, 1.807) is 31.2 Å². The maximum absolute atomic E-state index is 13.0. The second-order valence-corrected chi connectivity index (χ2v) is 9.41. The molecule has 2 aromatic carbocycles. The third kappa shape index (κ3) is 5.24. The molecule has 1 unspecified atom stereocenters. The SMILES string of the molecule is CCCOC(=O)C1=C(C)Nc2nnnn2C1c1cc(Br)c(OCc2ccc(Cl)cc2Cl)c(OC)c1. The average Bonchev–Trinajstić information content (AvgIpc) is 3.29. The largest absolute Gasteiger partial charge is 0.493 e. The summed E-state index contributed by atoms with van der Waals surface area (Å²) in [6.45, 7) is 4.22. The standard InChI is InChI=1S/C23H22BrCl2N5O4/c1-4-7-34-22(32)19-12(2)27-23-28-29-30-31(23)20(19)14-8-16(24)21(18(9-14)33-3)35-11-13-5-6-15(25)10-17(13)26/h5-6,8-10,20H,4,7,11H2,1-3H3,(H,27,28,30). The van der Waals surface area contributed by atoms with E-state index >= 15 is 0 Å². The molecule has 9 nitrogen and oxygen atoms in total. The molecule has 0 saturated heterocycles. The Labute approximate surface area is 220 Å². The summed E-state index contributed by atoms with van der Waals surface area (Å²) in [6.07, 6.45) is 0.704. The molecular weight excluding hydrogens is 561 g/mol. The number of allylic oxidation sites excluding steroid dienone is 1. The van der Waals surface area contributed by atoms with Crippen LogP contribution in [0.5, 0.6) is 11.5 Å². The number of nitrogens with one attached hydrogen (secondary N) is 1. The second kappa shape index (κ2) is 10.8. The summed E-state index contributed by atoms with van der Waals surface area (Å²) < 4.78 is 19.3. The minimum Gasteiger partial charge on any atom is -0.493 e. The van der Waals surface area contributed by atoms with E-state index in [2.05, 4.69) is 36.8 Å². The van der Waals surface area contributed by atoms with Crippen molar-refractivity contribution in [3.8, 4) is 11.5 Å². The lowest BCUT2D eigenvalue weighted by Crippen LogP contribution is -2.30. The van der Waals surface area contributed by atoms with Crippen LogP contribution in [-0.2, 0) is 16.1 Å². The zero-order valence-corrected chi connectivity index (χ0v) is 22.2. The van der Waals surface area contributed by atoms with Crippen molar-refractivity contribution in [2.75, 3.05) is 19.0 Å². The van der Waals surface area contributed by atoms with Gasteiger partial charge in [-0.3, -0.25) is 0 Å². The molecule has 3 aromatic rings. The number of carbonyl (C=O) groups is 1. The fourth-order valence-electron chi connectivity index (χ4n) is 3.68. The molecule has 1 aliphatic rings. The molecule has 0 radical (unpaired) electrons. The number of hydrogen-bond donors (Lipinski definition) is 1. The van der Waals surface area contributed by atoms with Gasteiger partial charge in [-0.05, 0) is 69.5 Å². The van der Waals surface area contributed by atoms with E-state index in [0.29, 0.717) is 61.8 Å². The summed E-state index contributed by atoms with van der Waals surface area (Å²) in [5.41, 5.74) is 2.47. The topological polar surface area (TPSA) is 100 Å². The van der Waals surface area contributed by atoms with Crippen LogP contribution in [0.3, 0.4) is 0 Å². The summed E-state index contributed by atoms with van der Waals surface area (Å²) >= 11 is 15.9. The van der Waals surface area contributed by atoms with Crippen LogP contribution in [0.4, 0.5) is 5.95 Å². The smallest absolute Gasteiger partial charge is 0.338 e. The minimum atomic E-state index is -0.643. The number of nitrogens with zero attached hydrogens (tertiary/aromatic N) is 4. The summed E-state index contributed by atoms with van der Waals surface area (Å²) in [7, 11) is 1.54. The van der Waals surface area contributed by atoms with E-state index in [1.807, 2.05) is 13.0 Å². The van der Waals surface area contributed by atoms with Gasteiger partial charge in [-0.1, -0.05) is 41.3 Å². The number of rotatable bonds is 8. The zero-order valence-electron chi connectivity index (χ0n) is 19.1. The summed E-state index contributed by atoms with van der Waals surface area (Å²) in [6, 6.07) is 8.18. The molecule has 1 atom stereocenters. The number of fused-ring (bicyclic) bond motifs is 1. The number of benzene rings is 2. The Bertz CT molecular complexity index is 1300. The Morgan fingerprint density at radius 2 is 2.06 bits per heavy atom. The molecule has 1 aromatic heterocycles. The lowest BCUT2D eigenvalue weighted by molar-refractivity contribution is -0.139.